The second-order valence-electron chi connectivity index (χ2n) is 3.97. The van der Waals surface area contributed by atoms with Crippen molar-refractivity contribution in [1.82, 2.24) is 0 Å². The van der Waals surface area contributed by atoms with Crippen molar-refractivity contribution < 1.29 is 27.6 Å². The van der Waals surface area contributed by atoms with E-state index in [1.165, 1.54) is 6.07 Å². The van der Waals surface area contributed by atoms with Crippen LogP contribution in [0.25, 0.3) is 0 Å². The molecular formula is C13H21O6P. The third-order valence-electron chi connectivity index (χ3n) is 2.61. The van der Waals surface area contributed by atoms with Gasteiger partial charge in [0.2, 0.25) is 5.76 Å². The summed E-state index contributed by atoms with van der Waals surface area (Å²) >= 11 is 0. The minimum absolute atomic E-state index is 0.0771. The van der Waals surface area contributed by atoms with Gasteiger partial charge in [0, 0.05) is 0 Å². The first-order valence-corrected chi connectivity index (χ1v) is 8.25. The maximum absolute atomic E-state index is 12.6. The lowest BCUT2D eigenvalue weighted by Crippen LogP contribution is -2.04. The first-order chi connectivity index (χ1) is 9.48. The second-order valence-corrected chi connectivity index (χ2v) is 6.34. The number of furan rings is 1. The van der Waals surface area contributed by atoms with Crippen LogP contribution in [0.2, 0.25) is 0 Å². The summed E-state index contributed by atoms with van der Waals surface area (Å²) in [6.45, 7) is 7.68. The monoisotopic (exact) mass is 304 g/mol. The molecule has 1 heterocycles. The zero-order valence-electron chi connectivity index (χ0n) is 12.3. The van der Waals surface area contributed by atoms with Gasteiger partial charge in [0.15, 0.2) is 0 Å². The van der Waals surface area contributed by atoms with Crippen LogP contribution in [0.15, 0.2) is 16.5 Å². The Bertz CT molecular complexity index is 471. The Labute approximate surface area is 118 Å². The maximum atomic E-state index is 12.6. The Balaban J connectivity index is 2.93. The molecule has 0 spiro atoms. The summed E-state index contributed by atoms with van der Waals surface area (Å²) in [5.74, 6) is -0.0971. The summed E-state index contributed by atoms with van der Waals surface area (Å²) in [5.41, 5.74) is -0.592. The van der Waals surface area contributed by atoms with Gasteiger partial charge in [-0.2, -0.15) is 0 Å². The third kappa shape index (κ3) is 3.95. The van der Waals surface area contributed by atoms with Gasteiger partial charge in [-0.1, -0.05) is 0 Å². The van der Waals surface area contributed by atoms with Crippen molar-refractivity contribution >= 4 is 13.6 Å². The average molecular weight is 304 g/mol. The summed E-state index contributed by atoms with van der Waals surface area (Å²) in [6.07, 6.45) is 0. The third-order valence-corrected chi connectivity index (χ3v) is 5.05. The van der Waals surface area contributed by atoms with Gasteiger partial charge in [0.05, 0.1) is 19.8 Å². The van der Waals surface area contributed by atoms with Crippen molar-refractivity contribution in [2.45, 2.75) is 33.4 Å². The highest BCUT2D eigenvalue weighted by molar-refractivity contribution is 7.54. The molecule has 0 saturated heterocycles. The average Bonchev–Trinajstić information content (AvgIpc) is 2.88. The van der Waals surface area contributed by atoms with Gasteiger partial charge in [0.1, 0.15) is 11.4 Å². The number of ether oxygens (including phenoxy) is 1. The van der Waals surface area contributed by atoms with E-state index >= 15 is 0 Å². The highest BCUT2D eigenvalue weighted by Gasteiger charge is 2.35. The standard InChI is InChI=1S/C13H21O6P/c1-5-16-13(14)12-9-8-11(19-12)10(4)20(15,17-6-2)18-7-3/h8-10H,5-7H2,1-4H3. The Morgan fingerprint density at radius 2 is 1.80 bits per heavy atom. The fourth-order valence-electron chi connectivity index (χ4n) is 1.67. The molecule has 1 rings (SSSR count). The smallest absolute Gasteiger partial charge is 0.374 e. The van der Waals surface area contributed by atoms with E-state index < -0.39 is 19.2 Å². The zero-order valence-corrected chi connectivity index (χ0v) is 13.1. The normalized spacial score (nSPS) is 13.2. The molecule has 1 unspecified atom stereocenters. The van der Waals surface area contributed by atoms with Crippen molar-refractivity contribution in [2.75, 3.05) is 19.8 Å². The molecule has 0 aliphatic heterocycles. The van der Waals surface area contributed by atoms with E-state index in [0.717, 1.165) is 0 Å². The number of rotatable bonds is 8. The molecule has 0 aliphatic carbocycles. The zero-order chi connectivity index (χ0) is 15.2. The highest BCUT2D eigenvalue weighted by atomic mass is 31.2. The lowest BCUT2D eigenvalue weighted by molar-refractivity contribution is 0.0487. The van der Waals surface area contributed by atoms with Gasteiger partial charge in [-0.3, -0.25) is 4.57 Å². The van der Waals surface area contributed by atoms with E-state index in [0.29, 0.717) is 5.76 Å². The Morgan fingerprint density at radius 1 is 1.20 bits per heavy atom. The predicted octanol–water partition coefficient (Wildman–Crippen LogP) is 3.78. The van der Waals surface area contributed by atoms with Crippen LogP contribution < -0.4 is 0 Å². The summed E-state index contributed by atoms with van der Waals surface area (Å²) in [4.78, 5) is 11.5. The molecule has 0 amide bonds. The van der Waals surface area contributed by atoms with Gasteiger partial charge in [-0.25, -0.2) is 4.79 Å². The summed E-state index contributed by atoms with van der Waals surface area (Å²) < 4.78 is 33.3. The van der Waals surface area contributed by atoms with Gasteiger partial charge >= 0.3 is 13.6 Å². The molecule has 0 saturated carbocycles. The number of hydrogen-bond acceptors (Lipinski definition) is 6. The van der Waals surface area contributed by atoms with Gasteiger partial charge in [-0.15, -0.1) is 0 Å². The summed E-state index contributed by atoms with van der Waals surface area (Å²) in [7, 11) is -3.31. The molecule has 6 nitrogen and oxygen atoms in total. The number of carbonyl (C=O) groups is 1. The fraction of sp³-hybridized carbons (Fsp3) is 0.615. The Hall–Kier alpha value is -1.10. The van der Waals surface area contributed by atoms with Crippen molar-refractivity contribution in [3.05, 3.63) is 23.7 Å². The molecule has 0 radical (unpaired) electrons. The second kappa shape index (κ2) is 7.62. The van der Waals surface area contributed by atoms with Crippen molar-refractivity contribution in [1.29, 1.82) is 0 Å². The fourth-order valence-corrected chi connectivity index (χ4v) is 3.36. The molecule has 0 aromatic carbocycles. The predicted molar refractivity (Wildman–Crippen MR) is 73.9 cm³/mol. The van der Waals surface area contributed by atoms with Crippen molar-refractivity contribution in [2.24, 2.45) is 0 Å². The number of esters is 1. The lowest BCUT2D eigenvalue weighted by atomic mass is 10.3. The molecule has 0 fully saturated rings. The topological polar surface area (TPSA) is 75.0 Å². The lowest BCUT2D eigenvalue weighted by Gasteiger charge is -2.21. The van der Waals surface area contributed by atoms with Crippen LogP contribution >= 0.6 is 7.60 Å². The van der Waals surface area contributed by atoms with E-state index in [1.54, 1.807) is 33.8 Å². The van der Waals surface area contributed by atoms with E-state index in [2.05, 4.69) is 0 Å². The molecular weight excluding hydrogens is 283 g/mol. The molecule has 1 aromatic heterocycles. The SMILES string of the molecule is CCOC(=O)c1ccc(C(C)P(=O)(OCC)OCC)o1. The van der Waals surface area contributed by atoms with Crippen LogP contribution in [-0.2, 0) is 18.3 Å². The van der Waals surface area contributed by atoms with Gasteiger partial charge in [-0.05, 0) is 39.8 Å². The van der Waals surface area contributed by atoms with E-state index in [9.17, 15) is 9.36 Å². The van der Waals surface area contributed by atoms with Crippen molar-refractivity contribution in [3.8, 4) is 0 Å². The molecule has 1 aromatic rings. The minimum Gasteiger partial charge on any atom is -0.460 e. The van der Waals surface area contributed by atoms with Crippen LogP contribution in [-0.4, -0.2) is 25.8 Å². The van der Waals surface area contributed by atoms with E-state index in [-0.39, 0.29) is 25.6 Å². The molecule has 114 valence electrons. The molecule has 20 heavy (non-hydrogen) atoms. The van der Waals surface area contributed by atoms with Gasteiger partial charge < -0.3 is 18.2 Å². The molecule has 0 aliphatic rings. The minimum atomic E-state index is -3.31. The molecule has 0 N–H and O–H groups in total. The molecule has 0 bridgehead atoms. The molecule has 7 heteroatoms. The first-order valence-electron chi connectivity index (χ1n) is 6.64. The van der Waals surface area contributed by atoms with Gasteiger partial charge in [0.25, 0.3) is 0 Å². The molecule has 1 atom stereocenters. The van der Waals surface area contributed by atoms with Crippen molar-refractivity contribution in [3.63, 3.8) is 0 Å². The van der Waals surface area contributed by atoms with E-state index in [4.69, 9.17) is 18.2 Å². The summed E-state index contributed by atoms with van der Waals surface area (Å²) in [5, 5.41) is 0. The number of hydrogen-bond donors (Lipinski definition) is 0. The van der Waals surface area contributed by atoms with Crippen LogP contribution in [0.5, 0.6) is 0 Å². The quantitative estimate of drug-likeness (QED) is 0.537. The largest absolute Gasteiger partial charge is 0.460 e. The maximum Gasteiger partial charge on any atom is 0.374 e. The Kier molecular flexibility index (Phi) is 6.46. The van der Waals surface area contributed by atoms with Crippen LogP contribution in [0.1, 0.15) is 49.7 Å². The summed E-state index contributed by atoms with van der Waals surface area (Å²) in [6, 6.07) is 3.08. The van der Waals surface area contributed by atoms with Crippen LogP contribution in [0, 0.1) is 0 Å². The van der Waals surface area contributed by atoms with Crippen LogP contribution in [0.4, 0.5) is 0 Å². The van der Waals surface area contributed by atoms with Crippen LogP contribution in [0.3, 0.4) is 0 Å². The number of carbonyl (C=O) groups excluding carboxylic acids is 1. The first kappa shape index (κ1) is 17.0. The Morgan fingerprint density at radius 3 is 2.30 bits per heavy atom. The van der Waals surface area contributed by atoms with E-state index in [1.807, 2.05) is 0 Å². The highest BCUT2D eigenvalue weighted by Crippen LogP contribution is 2.60.